The molecule has 0 fully saturated rings. The summed E-state index contributed by atoms with van der Waals surface area (Å²) in [5, 5.41) is 0.122. The molecule has 92 valence electrons. The van der Waals surface area contributed by atoms with E-state index in [1.54, 1.807) is 17.9 Å². The average molecular weight is 274 g/mol. The topological polar surface area (TPSA) is 29.5 Å². The van der Waals surface area contributed by atoms with Gasteiger partial charge < -0.3 is 9.64 Å². The van der Waals surface area contributed by atoms with E-state index in [-0.39, 0.29) is 5.91 Å². The molecule has 0 radical (unpaired) electrons. The predicted molar refractivity (Wildman–Crippen MR) is 67.7 cm³/mol. The minimum atomic E-state index is -0.518. The lowest BCUT2D eigenvalue weighted by Crippen LogP contribution is -2.36. The summed E-state index contributed by atoms with van der Waals surface area (Å²) < 4.78 is 5.57. The fourth-order valence-electron chi connectivity index (χ4n) is 1.80. The molecule has 1 heterocycles. The molecule has 1 aliphatic heterocycles. The Balaban J connectivity index is 2.24. The van der Waals surface area contributed by atoms with Crippen molar-refractivity contribution in [2.45, 2.75) is 18.8 Å². The highest BCUT2D eigenvalue weighted by Crippen LogP contribution is 2.26. The molecule has 0 saturated heterocycles. The molecule has 0 N–H and O–H groups in total. The molecule has 1 unspecified atom stereocenters. The molecule has 1 aromatic carbocycles. The van der Waals surface area contributed by atoms with Gasteiger partial charge in [-0.15, -0.1) is 11.6 Å². The minimum absolute atomic E-state index is 0.0805. The van der Waals surface area contributed by atoms with E-state index in [1.807, 2.05) is 12.1 Å². The fourth-order valence-corrected chi connectivity index (χ4v) is 2.14. The number of nitrogens with zero attached hydrogens (tertiary/aromatic N) is 1. The molecule has 0 saturated carbocycles. The van der Waals surface area contributed by atoms with Crippen LogP contribution in [0, 0.1) is 0 Å². The lowest BCUT2D eigenvalue weighted by Gasteiger charge is -2.20. The molecule has 0 aromatic heterocycles. The molecule has 17 heavy (non-hydrogen) atoms. The van der Waals surface area contributed by atoms with Crippen LogP contribution >= 0.6 is 23.2 Å². The second kappa shape index (κ2) is 5.15. The van der Waals surface area contributed by atoms with Gasteiger partial charge in [0.05, 0.1) is 6.54 Å². The Morgan fingerprint density at radius 2 is 2.29 bits per heavy atom. The van der Waals surface area contributed by atoms with Crippen LogP contribution in [0.15, 0.2) is 18.2 Å². The highest BCUT2D eigenvalue weighted by Gasteiger charge is 2.22. The van der Waals surface area contributed by atoms with Crippen LogP contribution in [0.3, 0.4) is 0 Å². The summed E-state index contributed by atoms with van der Waals surface area (Å²) in [6.45, 7) is 3.19. The van der Waals surface area contributed by atoms with Gasteiger partial charge in [-0.05, 0) is 25.1 Å². The van der Waals surface area contributed by atoms with E-state index in [9.17, 15) is 4.79 Å². The number of ether oxygens (including phenoxy) is 1. The lowest BCUT2D eigenvalue weighted by atomic mass is 10.2. The average Bonchev–Trinajstić information content (AvgIpc) is 2.49. The van der Waals surface area contributed by atoms with Crippen molar-refractivity contribution < 1.29 is 9.53 Å². The second-order valence-electron chi connectivity index (χ2n) is 3.98. The number of hydrogen-bond donors (Lipinski definition) is 0. The lowest BCUT2D eigenvalue weighted by molar-refractivity contribution is -0.131. The van der Waals surface area contributed by atoms with Gasteiger partial charge >= 0.3 is 0 Å². The van der Waals surface area contributed by atoms with E-state index >= 15 is 0 Å². The summed E-state index contributed by atoms with van der Waals surface area (Å²) >= 11 is 11.7. The number of rotatable bonds is 1. The SMILES string of the molecule is CC(Cl)C(=O)N1CCOc2ccc(Cl)cc2C1. The summed E-state index contributed by atoms with van der Waals surface area (Å²) in [5.41, 5.74) is 0.917. The molecule has 5 heteroatoms. The molecular formula is C12H13Cl2NO2. The predicted octanol–water partition coefficient (Wildman–Crippen LogP) is 2.69. The zero-order valence-corrected chi connectivity index (χ0v) is 11.0. The van der Waals surface area contributed by atoms with Crippen LogP contribution in [0.25, 0.3) is 0 Å². The van der Waals surface area contributed by atoms with Gasteiger partial charge in [0.2, 0.25) is 5.91 Å². The Kier molecular flexibility index (Phi) is 3.79. The summed E-state index contributed by atoms with van der Waals surface area (Å²) in [4.78, 5) is 13.5. The first-order valence-corrected chi connectivity index (χ1v) is 6.23. The van der Waals surface area contributed by atoms with Crippen molar-refractivity contribution in [1.82, 2.24) is 4.90 Å². The first-order valence-electron chi connectivity index (χ1n) is 5.42. The first-order chi connectivity index (χ1) is 8.08. The van der Waals surface area contributed by atoms with Crippen LogP contribution in [0.1, 0.15) is 12.5 Å². The molecule has 3 nitrogen and oxygen atoms in total. The van der Waals surface area contributed by atoms with Crippen LogP contribution in [0.2, 0.25) is 5.02 Å². The third-order valence-electron chi connectivity index (χ3n) is 2.65. The second-order valence-corrected chi connectivity index (χ2v) is 5.07. The maximum atomic E-state index is 11.9. The van der Waals surface area contributed by atoms with Crippen molar-refractivity contribution >= 4 is 29.1 Å². The minimum Gasteiger partial charge on any atom is -0.491 e. The van der Waals surface area contributed by atoms with Gasteiger partial charge in [0.1, 0.15) is 17.7 Å². The molecule has 2 rings (SSSR count). The summed E-state index contributed by atoms with van der Waals surface area (Å²) in [7, 11) is 0. The Hall–Kier alpha value is -0.930. The standard InChI is InChI=1S/C12H13Cl2NO2/c1-8(13)12(16)15-4-5-17-11-3-2-10(14)6-9(11)7-15/h2-3,6,8H,4-5,7H2,1H3. The monoisotopic (exact) mass is 273 g/mol. The fraction of sp³-hybridized carbons (Fsp3) is 0.417. The quantitative estimate of drug-likeness (QED) is 0.737. The molecule has 1 aromatic rings. The molecule has 1 aliphatic rings. The number of carbonyl (C=O) groups excluding carboxylic acids is 1. The number of carbonyl (C=O) groups is 1. The maximum absolute atomic E-state index is 11.9. The van der Waals surface area contributed by atoms with E-state index < -0.39 is 5.38 Å². The highest BCUT2D eigenvalue weighted by molar-refractivity contribution is 6.31. The van der Waals surface area contributed by atoms with Gasteiger partial charge in [-0.2, -0.15) is 0 Å². The van der Waals surface area contributed by atoms with Crippen molar-refractivity contribution in [3.05, 3.63) is 28.8 Å². The molecule has 1 amide bonds. The van der Waals surface area contributed by atoms with Gasteiger partial charge in [-0.1, -0.05) is 11.6 Å². The Bertz CT molecular complexity index is 435. The molecule has 0 spiro atoms. The van der Waals surface area contributed by atoms with Gasteiger partial charge in [0.25, 0.3) is 0 Å². The number of benzene rings is 1. The maximum Gasteiger partial charge on any atom is 0.240 e. The smallest absolute Gasteiger partial charge is 0.240 e. The van der Waals surface area contributed by atoms with Crippen LogP contribution in [0.5, 0.6) is 5.75 Å². The van der Waals surface area contributed by atoms with Crippen molar-refractivity contribution in [3.63, 3.8) is 0 Å². The molecular weight excluding hydrogens is 261 g/mol. The van der Waals surface area contributed by atoms with Gasteiger partial charge in [-0.3, -0.25) is 4.79 Å². The normalized spacial score (nSPS) is 16.8. The van der Waals surface area contributed by atoms with Crippen LogP contribution in [0.4, 0.5) is 0 Å². The van der Waals surface area contributed by atoms with E-state index in [1.165, 1.54) is 0 Å². The highest BCUT2D eigenvalue weighted by atomic mass is 35.5. The number of hydrogen-bond acceptors (Lipinski definition) is 2. The third kappa shape index (κ3) is 2.85. The Morgan fingerprint density at radius 1 is 1.53 bits per heavy atom. The van der Waals surface area contributed by atoms with Gasteiger partial charge in [-0.25, -0.2) is 0 Å². The van der Waals surface area contributed by atoms with Crippen molar-refractivity contribution in [2.75, 3.05) is 13.2 Å². The van der Waals surface area contributed by atoms with Gasteiger partial charge in [0, 0.05) is 17.1 Å². The molecule has 1 atom stereocenters. The molecule has 0 bridgehead atoms. The number of fused-ring (bicyclic) bond motifs is 1. The van der Waals surface area contributed by atoms with Crippen molar-refractivity contribution in [2.24, 2.45) is 0 Å². The van der Waals surface area contributed by atoms with Crippen molar-refractivity contribution in [1.29, 1.82) is 0 Å². The first kappa shape index (κ1) is 12.5. The van der Waals surface area contributed by atoms with Crippen molar-refractivity contribution in [3.8, 4) is 5.75 Å². The van der Waals surface area contributed by atoms with Crippen LogP contribution in [-0.2, 0) is 11.3 Å². The largest absolute Gasteiger partial charge is 0.491 e. The summed E-state index contributed by atoms with van der Waals surface area (Å²) in [6, 6.07) is 5.43. The number of amides is 1. The zero-order chi connectivity index (χ0) is 12.4. The van der Waals surface area contributed by atoms with Crippen LogP contribution in [-0.4, -0.2) is 29.3 Å². The van der Waals surface area contributed by atoms with E-state index in [4.69, 9.17) is 27.9 Å². The number of halogens is 2. The van der Waals surface area contributed by atoms with E-state index in [2.05, 4.69) is 0 Å². The van der Waals surface area contributed by atoms with E-state index in [0.29, 0.717) is 24.7 Å². The Morgan fingerprint density at radius 3 is 3.00 bits per heavy atom. The van der Waals surface area contributed by atoms with E-state index in [0.717, 1.165) is 11.3 Å². The Labute approximate surface area is 110 Å². The van der Waals surface area contributed by atoms with Crippen LogP contribution < -0.4 is 4.74 Å². The zero-order valence-electron chi connectivity index (χ0n) is 9.45. The number of alkyl halides is 1. The summed E-state index contributed by atoms with van der Waals surface area (Å²) in [5.74, 6) is 0.704. The molecule has 0 aliphatic carbocycles. The third-order valence-corrected chi connectivity index (χ3v) is 3.08. The summed E-state index contributed by atoms with van der Waals surface area (Å²) in [6.07, 6.45) is 0. The van der Waals surface area contributed by atoms with Gasteiger partial charge in [0.15, 0.2) is 0 Å².